The summed E-state index contributed by atoms with van der Waals surface area (Å²) in [7, 11) is 0. The van der Waals surface area contributed by atoms with E-state index in [4.69, 9.17) is 0 Å². The van der Waals surface area contributed by atoms with Crippen LogP contribution in [0.25, 0.3) is 0 Å². The van der Waals surface area contributed by atoms with Crippen LogP contribution in [0.15, 0.2) is 60.7 Å². The summed E-state index contributed by atoms with van der Waals surface area (Å²) in [5.74, 6) is 0.298. The van der Waals surface area contributed by atoms with Crippen molar-refractivity contribution in [3.05, 3.63) is 71.8 Å². The van der Waals surface area contributed by atoms with E-state index in [-0.39, 0.29) is 12.4 Å². The number of halogens is 1. The lowest BCUT2D eigenvalue weighted by atomic mass is 9.67. The fourth-order valence-corrected chi connectivity index (χ4v) is 5.41. The number of rotatable bonds is 5. The number of hydrogen-bond acceptors (Lipinski definition) is 2. The van der Waals surface area contributed by atoms with Crippen LogP contribution >= 0.6 is 12.4 Å². The molecule has 2 aromatic carbocycles. The van der Waals surface area contributed by atoms with E-state index >= 15 is 0 Å². The first kappa shape index (κ1) is 21.4. The first-order valence-corrected chi connectivity index (χ1v) is 10.8. The lowest BCUT2D eigenvalue weighted by Gasteiger charge is -2.49. The van der Waals surface area contributed by atoms with E-state index in [1.807, 2.05) is 0 Å². The zero-order valence-corrected chi connectivity index (χ0v) is 17.6. The summed E-state index contributed by atoms with van der Waals surface area (Å²) in [4.78, 5) is 2.67. The van der Waals surface area contributed by atoms with E-state index in [1.165, 1.54) is 36.8 Å². The van der Waals surface area contributed by atoms with Crippen molar-refractivity contribution in [3.63, 3.8) is 0 Å². The highest BCUT2D eigenvalue weighted by Crippen LogP contribution is 2.46. The standard InChI is InChI=1S/C25H33NO.ClH/c27-25(20-21-12-4-1-5-13-21)17-9-8-16-23(25)24(22-14-6-2-7-15-22)26-18-10-3-11-19-26;/h1-2,4-7,12-15,23-24,27H,3,8-11,16-20H2;1H. The smallest absolute Gasteiger partial charge is 0.0734 e. The molecule has 3 unspecified atom stereocenters. The summed E-state index contributed by atoms with van der Waals surface area (Å²) in [5, 5.41) is 11.9. The molecule has 1 aliphatic heterocycles. The van der Waals surface area contributed by atoms with Crippen LogP contribution in [0.3, 0.4) is 0 Å². The van der Waals surface area contributed by atoms with E-state index in [0.29, 0.717) is 12.0 Å². The van der Waals surface area contributed by atoms with E-state index in [9.17, 15) is 5.11 Å². The predicted octanol–water partition coefficient (Wildman–Crippen LogP) is 5.80. The lowest BCUT2D eigenvalue weighted by Crippen LogP contribution is -2.50. The molecule has 1 saturated heterocycles. The van der Waals surface area contributed by atoms with Gasteiger partial charge >= 0.3 is 0 Å². The topological polar surface area (TPSA) is 23.5 Å². The third-order valence-corrected chi connectivity index (χ3v) is 6.72. The molecule has 152 valence electrons. The Morgan fingerprint density at radius 2 is 1.50 bits per heavy atom. The Kier molecular flexibility index (Phi) is 7.56. The molecule has 3 atom stereocenters. The van der Waals surface area contributed by atoms with Crippen molar-refractivity contribution < 1.29 is 5.11 Å². The number of aliphatic hydroxyl groups is 1. The molecule has 2 aliphatic rings. The van der Waals surface area contributed by atoms with Gasteiger partial charge in [-0.1, -0.05) is 79.9 Å². The van der Waals surface area contributed by atoms with Crippen molar-refractivity contribution in [2.45, 2.75) is 63.0 Å². The Hall–Kier alpha value is -1.35. The lowest BCUT2D eigenvalue weighted by molar-refractivity contribution is -0.0857. The molecule has 0 bridgehead atoms. The molecular formula is C25H34ClNO. The Labute approximate surface area is 176 Å². The monoisotopic (exact) mass is 399 g/mol. The van der Waals surface area contributed by atoms with Gasteiger partial charge in [-0.25, -0.2) is 0 Å². The van der Waals surface area contributed by atoms with Gasteiger partial charge in [0.05, 0.1) is 5.60 Å². The summed E-state index contributed by atoms with van der Waals surface area (Å²) < 4.78 is 0. The summed E-state index contributed by atoms with van der Waals surface area (Å²) >= 11 is 0. The van der Waals surface area contributed by atoms with Gasteiger partial charge in [0.1, 0.15) is 0 Å². The Bertz CT molecular complexity index is 701. The van der Waals surface area contributed by atoms with Gasteiger partial charge in [0, 0.05) is 18.4 Å². The van der Waals surface area contributed by atoms with Crippen molar-refractivity contribution in [1.82, 2.24) is 4.90 Å². The van der Waals surface area contributed by atoms with Gasteiger partial charge in [-0.3, -0.25) is 4.90 Å². The van der Waals surface area contributed by atoms with Gasteiger partial charge in [-0.15, -0.1) is 12.4 Å². The van der Waals surface area contributed by atoms with E-state index < -0.39 is 5.60 Å². The number of piperidine rings is 1. The van der Waals surface area contributed by atoms with Crippen LogP contribution in [0.1, 0.15) is 62.1 Å². The summed E-state index contributed by atoms with van der Waals surface area (Å²) in [6.45, 7) is 2.33. The van der Waals surface area contributed by atoms with Gasteiger partial charge in [0.15, 0.2) is 0 Å². The largest absolute Gasteiger partial charge is 0.389 e. The van der Waals surface area contributed by atoms with Crippen molar-refractivity contribution >= 4 is 12.4 Å². The highest BCUT2D eigenvalue weighted by atomic mass is 35.5. The fourth-order valence-electron chi connectivity index (χ4n) is 5.41. The molecule has 0 amide bonds. The zero-order valence-electron chi connectivity index (χ0n) is 16.8. The maximum absolute atomic E-state index is 11.9. The average Bonchev–Trinajstić information content (AvgIpc) is 2.72. The second kappa shape index (κ2) is 9.91. The third kappa shape index (κ3) is 4.79. The molecule has 2 aromatic rings. The number of likely N-dealkylation sites (tertiary alicyclic amines) is 1. The number of nitrogens with zero attached hydrogens (tertiary/aromatic N) is 1. The predicted molar refractivity (Wildman–Crippen MR) is 119 cm³/mol. The van der Waals surface area contributed by atoms with E-state index in [0.717, 1.165) is 38.8 Å². The van der Waals surface area contributed by atoms with Crippen molar-refractivity contribution in [2.24, 2.45) is 5.92 Å². The summed E-state index contributed by atoms with van der Waals surface area (Å²) in [6.07, 6.45) is 9.11. The highest BCUT2D eigenvalue weighted by molar-refractivity contribution is 5.85. The maximum atomic E-state index is 11.9. The van der Waals surface area contributed by atoms with Crippen LogP contribution in [0.4, 0.5) is 0 Å². The number of benzene rings is 2. The molecule has 1 aliphatic carbocycles. The SMILES string of the molecule is Cl.OC1(Cc2ccccc2)CCCCC1C(c1ccccc1)N1CCCCC1. The highest BCUT2D eigenvalue weighted by Gasteiger charge is 2.45. The van der Waals surface area contributed by atoms with Gasteiger partial charge in [0.2, 0.25) is 0 Å². The molecule has 0 radical (unpaired) electrons. The molecule has 0 aromatic heterocycles. The van der Waals surface area contributed by atoms with E-state index in [2.05, 4.69) is 65.6 Å². The van der Waals surface area contributed by atoms with Crippen LogP contribution in [0.5, 0.6) is 0 Å². The molecule has 0 spiro atoms. The Balaban J connectivity index is 0.00000225. The van der Waals surface area contributed by atoms with Gasteiger partial charge in [-0.2, -0.15) is 0 Å². The molecule has 3 heteroatoms. The molecule has 1 heterocycles. The van der Waals surface area contributed by atoms with Crippen molar-refractivity contribution in [3.8, 4) is 0 Å². The van der Waals surface area contributed by atoms with Crippen LogP contribution in [0.2, 0.25) is 0 Å². The fraction of sp³-hybridized carbons (Fsp3) is 0.520. The van der Waals surface area contributed by atoms with Crippen LogP contribution in [0, 0.1) is 5.92 Å². The molecule has 2 fully saturated rings. The summed E-state index contributed by atoms with van der Waals surface area (Å²) in [6, 6.07) is 21.9. The normalized spacial score (nSPS) is 27.0. The third-order valence-electron chi connectivity index (χ3n) is 6.72. The molecule has 4 rings (SSSR count). The molecule has 1 saturated carbocycles. The second-order valence-corrected chi connectivity index (χ2v) is 8.57. The van der Waals surface area contributed by atoms with Crippen LogP contribution in [-0.4, -0.2) is 28.7 Å². The Morgan fingerprint density at radius 3 is 2.18 bits per heavy atom. The first-order valence-electron chi connectivity index (χ1n) is 10.8. The van der Waals surface area contributed by atoms with Gasteiger partial charge < -0.3 is 5.11 Å². The molecule has 28 heavy (non-hydrogen) atoms. The minimum atomic E-state index is -0.614. The zero-order chi connectivity index (χ0) is 18.5. The van der Waals surface area contributed by atoms with Crippen molar-refractivity contribution in [1.29, 1.82) is 0 Å². The molecule has 2 nitrogen and oxygen atoms in total. The summed E-state index contributed by atoms with van der Waals surface area (Å²) in [5.41, 5.74) is 2.03. The van der Waals surface area contributed by atoms with Crippen molar-refractivity contribution in [2.75, 3.05) is 13.1 Å². The maximum Gasteiger partial charge on any atom is 0.0734 e. The number of hydrogen-bond donors (Lipinski definition) is 1. The average molecular weight is 400 g/mol. The first-order chi connectivity index (χ1) is 13.3. The van der Waals surface area contributed by atoms with Gasteiger partial charge in [0.25, 0.3) is 0 Å². The second-order valence-electron chi connectivity index (χ2n) is 8.57. The minimum Gasteiger partial charge on any atom is -0.389 e. The molecular weight excluding hydrogens is 366 g/mol. The molecule has 1 N–H and O–H groups in total. The van der Waals surface area contributed by atoms with Crippen LogP contribution in [-0.2, 0) is 6.42 Å². The van der Waals surface area contributed by atoms with Gasteiger partial charge in [-0.05, 0) is 49.9 Å². The quantitative estimate of drug-likeness (QED) is 0.686. The minimum absolute atomic E-state index is 0. The Morgan fingerprint density at radius 1 is 0.857 bits per heavy atom. The van der Waals surface area contributed by atoms with E-state index in [1.54, 1.807) is 0 Å². The van der Waals surface area contributed by atoms with Crippen LogP contribution < -0.4 is 0 Å².